The fraction of sp³-hybridized carbons (Fsp3) is 0.158. The Hall–Kier alpha value is -2.95. The largest absolute Gasteiger partial charge is 0.345 e. The van der Waals surface area contributed by atoms with Crippen LogP contribution in [0.5, 0.6) is 0 Å². The summed E-state index contributed by atoms with van der Waals surface area (Å²) in [6.07, 6.45) is 1.46. The van der Waals surface area contributed by atoms with E-state index < -0.39 is 5.82 Å². The summed E-state index contributed by atoms with van der Waals surface area (Å²) in [5, 5.41) is 3.46. The lowest BCUT2D eigenvalue weighted by Gasteiger charge is -2.13. The van der Waals surface area contributed by atoms with E-state index in [4.69, 9.17) is 0 Å². The summed E-state index contributed by atoms with van der Waals surface area (Å²) >= 11 is 0. The van der Waals surface area contributed by atoms with Gasteiger partial charge in [-0.1, -0.05) is 30.3 Å². The van der Waals surface area contributed by atoms with Crippen molar-refractivity contribution in [3.63, 3.8) is 0 Å². The highest BCUT2D eigenvalue weighted by Crippen LogP contribution is 2.23. The molecule has 1 heterocycles. The number of rotatable bonds is 3. The van der Waals surface area contributed by atoms with Crippen molar-refractivity contribution in [2.24, 2.45) is 0 Å². The zero-order valence-corrected chi connectivity index (χ0v) is 13.4. The molecule has 0 aliphatic heterocycles. The summed E-state index contributed by atoms with van der Waals surface area (Å²) in [6.45, 7) is 3.26. The van der Waals surface area contributed by atoms with Gasteiger partial charge in [0.15, 0.2) is 0 Å². The molecule has 5 heteroatoms. The van der Waals surface area contributed by atoms with Gasteiger partial charge in [-0.05, 0) is 30.7 Å². The van der Waals surface area contributed by atoms with Crippen molar-refractivity contribution in [2.75, 3.05) is 0 Å². The fourth-order valence-corrected chi connectivity index (χ4v) is 2.74. The summed E-state index contributed by atoms with van der Waals surface area (Å²) in [7, 11) is 0. The molecule has 1 amide bonds. The standard InChI is InChI=1S/C19H17FN2O2/c1-12(14-6-4-3-5-7-14)21-19(24)17-11-22(13(2)23)18-10-15(20)8-9-16(17)18/h3-12H,1-2H3,(H,21,24). The summed E-state index contributed by atoms with van der Waals surface area (Å²) in [5.74, 6) is -1.03. The number of aromatic nitrogens is 1. The molecule has 2 aromatic carbocycles. The number of hydrogen-bond acceptors (Lipinski definition) is 2. The maximum atomic E-state index is 13.5. The van der Waals surface area contributed by atoms with E-state index >= 15 is 0 Å². The molecule has 0 saturated carbocycles. The molecule has 0 aliphatic rings. The highest BCUT2D eigenvalue weighted by atomic mass is 19.1. The van der Waals surface area contributed by atoms with Crippen LogP contribution in [0.15, 0.2) is 54.7 Å². The van der Waals surface area contributed by atoms with E-state index in [0.717, 1.165) is 5.56 Å². The molecule has 0 bridgehead atoms. The molecule has 0 aliphatic carbocycles. The molecular weight excluding hydrogens is 307 g/mol. The smallest absolute Gasteiger partial charge is 0.253 e. The van der Waals surface area contributed by atoms with Crippen LogP contribution in [0.3, 0.4) is 0 Å². The second-order valence-electron chi connectivity index (χ2n) is 5.70. The predicted molar refractivity (Wildman–Crippen MR) is 90.5 cm³/mol. The molecule has 0 radical (unpaired) electrons. The van der Waals surface area contributed by atoms with Crippen LogP contribution in [0.1, 0.15) is 40.6 Å². The number of halogens is 1. The van der Waals surface area contributed by atoms with Crippen molar-refractivity contribution >= 4 is 22.7 Å². The van der Waals surface area contributed by atoms with Crippen LogP contribution in [0.2, 0.25) is 0 Å². The van der Waals surface area contributed by atoms with Gasteiger partial charge in [-0.15, -0.1) is 0 Å². The number of benzene rings is 2. The van der Waals surface area contributed by atoms with E-state index in [2.05, 4.69) is 5.32 Å². The molecule has 0 fully saturated rings. The Morgan fingerprint density at radius 3 is 2.50 bits per heavy atom. The second kappa shape index (κ2) is 6.28. The number of nitrogens with zero attached hydrogens (tertiary/aromatic N) is 1. The molecule has 122 valence electrons. The van der Waals surface area contributed by atoms with Gasteiger partial charge in [-0.2, -0.15) is 0 Å². The second-order valence-corrected chi connectivity index (χ2v) is 5.70. The SMILES string of the molecule is CC(=O)n1cc(C(=O)NC(C)c2ccccc2)c2ccc(F)cc21. The van der Waals surface area contributed by atoms with Crippen LogP contribution >= 0.6 is 0 Å². The Labute approximate surface area is 138 Å². The number of carbonyl (C=O) groups is 2. The molecule has 3 aromatic rings. The van der Waals surface area contributed by atoms with Gasteiger partial charge in [0, 0.05) is 18.5 Å². The van der Waals surface area contributed by atoms with E-state index in [1.54, 1.807) is 0 Å². The van der Waals surface area contributed by atoms with Gasteiger partial charge < -0.3 is 5.32 Å². The summed E-state index contributed by atoms with van der Waals surface area (Å²) in [4.78, 5) is 24.4. The summed E-state index contributed by atoms with van der Waals surface area (Å²) < 4.78 is 14.8. The maximum Gasteiger partial charge on any atom is 0.253 e. The molecule has 1 N–H and O–H groups in total. The molecule has 24 heavy (non-hydrogen) atoms. The Kier molecular flexibility index (Phi) is 4.16. The van der Waals surface area contributed by atoms with Crippen LogP contribution in [0, 0.1) is 5.82 Å². The molecule has 3 rings (SSSR count). The summed E-state index contributed by atoms with van der Waals surface area (Å²) in [5.41, 5.74) is 1.72. The Bertz CT molecular complexity index is 916. The van der Waals surface area contributed by atoms with Crippen molar-refractivity contribution in [1.29, 1.82) is 0 Å². The molecule has 4 nitrogen and oxygen atoms in total. The van der Waals surface area contributed by atoms with Gasteiger partial charge in [0.1, 0.15) is 5.82 Å². The third-order valence-corrected chi connectivity index (χ3v) is 4.00. The molecule has 1 atom stereocenters. The highest BCUT2D eigenvalue weighted by molar-refractivity contribution is 6.09. The van der Waals surface area contributed by atoms with Crippen molar-refractivity contribution in [2.45, 2.75) is 19.9 Å². The number of carbonyl (C=O) groups excluding carboxylic acids is 2. The number of nitrogens with one attached hydrogen (secondary N) is 1. The number of amides is 1. The zero-order chi connectivity index (χ0) is 17.3. The lowest BCUT2D eigenvalue weighted by Crippen LogP contribution is -2.26. The normalized spacial score (nSPS) is 12.1. The number of fused-ring (bicyclic) bond motifs is 1. The molecule has 0 spiro atoms. The van der Waals surface area contributed by atoms with Crippen molar-refractivity contribution in [1.82, 2.24) is 9.88 Å². The van der Waals surface area contributed by atoms with Crippen LogP contribution in [0.25, 0.3) is 10.9 Å². The third-order valence-electron chi connectivity index (χ3n) is 4.00. The average Bonchev–Trinajstić information content (AvgIpc) is 2.94. The van der Waals surface area contributed by atoms with E-state index in [9.17, 15) is 14.0 Å². The van der Waals surface area contributed by atoms with Crippen LogP contribution in [-0.4, -0.2) is 16.4 Å². The minimum absolute atomic E-state index is 0.185. The van der Waals surface area contributed by atoms with E-state index in [-0.39, 0.29) is 17.9 Å². The first-order chi connectivity index (χ1) is 11.5. The molecule has 1 aromatic heterocycles. The van der Waals surface area contributed by atoms with Crippen molar-refractivity contribution in [3.8, 4) is 0 Å². The van der Waals surface area contributed by atoms with E-state index in [1.807, 2.05) is 37.3 Å². The van der Waals surface area contributed by atoms with Gasteiger partial charge in [0.2, 0.25) is 5.91 Å². The lowest BCUT2D eigenvalue weighted by atomic mass is 10.1. The average molecular weight is 324 g/mol. The lowest BCUT2D eigenvalue weighted by molar-refractivity contribution is 0.0940. The zero-order valence-electron chi connectivity index (χ0n) is 13.4. The van der Waals surface area contributed by atoms with Gasteiger partial charge in [-0.25, -0.2) is 4.39 Å². The quantitative estimate of drug-likeness (QED) is 0.793. The molecular formula is C19H17FN2O2. The van der Waals surface area contributed by atoms with Crippen molar-refractivity contribution < 1.29 is 14.0 Å². The minimum Gasteiger partial charge on any atom is -0.345 e. The van der Waals surface area contributed by atoms with Gasteiger partial charge in [0.25, 0.3) is 5.91 Å². The van der Waals surface area contributed by atoms with Crippen LogP contribution in [-0.2, 0) is 0 Å². The molecule has 1 unspecified atom stereocenters. The first-order valence-corrected chi connectivity index (χ1v) is 7.64. The van der Waals surface area contributed by atoms with Gasteiger partial charge >= 0.3 is 0 Å². The highest BCUT2D eigenvalue weighted by Gasteiger charge is 2.19. The Balaban J connectivity index is 1.97. The van der Waals surface area contributed by atoms with Crippen LogP contribution < -0.4 is 5.32 Å². The third kappa shape index (κ3) is 2.93. The summed E-state index contributed by atoms with van der Waals surface area (Å²) in [6, 6.07) is 13.5. The maximum absolute atomic E-state index is 13.5. The fourth-order valence-electron chi connectivity index (χ4n) is 2.74. The molecule has 0 saturated heterocycles. The minimum atomic E-state index is -0.451. The monoisotopic (exact) mass is 324 g/mol. The first kappa shape index (κ1) is 15.9. The Morgan fingerprint density at radius 1 is 1.12 bits per heavy atom. The topological polar surface area (TPSA) is 51.1 Å². The van der Waals surface area contributed by atoms with E-state index in [0.29, 0.717) is 16.5 Å². The van der Waals surface area contributed by atoms with Crippen molar-refractivity contribution in [3.05, 3.63) is 71.7 Å². The number of hydrogen-bond donors (Lipinski definition) is 1. The van der Waals surface area contributed by atoms with Gasteiger partial charge in [-0.3, -0.25) is 14.2 Å². The van der Waals surface area contributed by atoms with Crippen LogP contribution in [0.4, 0.5) is 4.39 Å². The Morgan fingerprint density at radius 2 is 1.83 bits per heavy atom. The first-order valence-electron chi connectivity index (χ1n) is 7.64. The predicted octanol–water partition coefficient (Wildman–Crippen LogP) is 3.93. The van der Waals surface area contributed by atoms with E-state index in [1.165, 1.54) is 35.9 Å². The van der Waals surface area contributed by atoms with Gasteiger partial charge in [0.05, 0.1) is 17.1 Å².